The van der Waals surface area contributed by atoms with E-state index < -0.39 is 0 Å². The number of amides is 1. The molecule has 8 nitrogen and oxygen atoms in total. The molecule has 27 heavy (non-hydrogen) atoms. The van der Waals surface area contributed by atoms with E-state index in [4.69, 9.17) is 0 Å². The van der Waals surface area contributed by atoms with E-state index in [0.717, 1.165) is 48.5 Å². The highest BCUT2D eigenvalue weighted by molar-refractivity contribution is 6.04. The number of nitrogens with one attached hydrogen (secondary N) is 1. The number of aromatic amines is 1. The second kappa shape index (κ2) is 7.11. The van der Waals surface area contributed by atoms with Crippen LogP contribution in [0.15, 0.2) is 24.3 Å². The molecular formula is C19H25N7O. The van der Waals surface area contributed by atoms with Crippen molar-refractivity contribution in [2.45, 2.75) is 25.3 Å². The fourth-order valence-corrected chi connectivity index (χ4v) is 3.80. The average Bonchev–Trinajstić information content (AvgIpc) is 3.25. The number of H-pyrrole nitrogens is 1. The van der Waals surface area contributed by atoms with E-state index in [0.29, 0.717) is 12.2 Å². The summed E-state index contributed by atoms with van der Waals surface area (Å²) < 4.78 is 2.07. The predicted octanol–water partition coefficient (Wildman–Crippen LogP) is 1.77. The Hall–Kier alpha value is -2.74. The Morgan fingerprint density at radius 1 is 1.30 bits per heavy atom. The first-order valence-electron chi connectivity index (χ1n) is 9.30. The number of carbonyl (C=O) groups excluding carboxylic acids is 1. The Morgan fingerprint density at radius 2 is 2.11 bits per heavy atom. The molecule has 1 atom stereocenters. The van der Waals surface area contributed by atoms with Crippen LogP contribution in [-0.2, 0) is 13.6 Å². The molecule has 3 heterocycles. The van der Waals surface area contributed by atoms with Crippen molar-refractivity contribution in [2.24, 2.45) is 7.05 Å². The highest BCUT2D eigenvalue weighted by Gasteiger charge is 2.30. The van der Waals surface area contributed by atoms with E-state index in [9.17, 15) is 4.79 Å². The molecule has 0 radical (unpaired) electrons. The molecule has 0 aliphatic carbocycles. The maximum absolute atomic E-state index is 13.1. The van der Waals surface area contributed by atoms with Gasteiger partial charge in [-0.25, -0.2) is 0 Å². The summed E-state index contributed by atoms with van der Waals surface area (Å²) in [7, 11) is 6.04. The molecule has 1 amide bonds. The Kier molecular flexibility index (Phi) is 4.65. The molecule has 142 valence electrons. The van der Waals surface area contributed by atoms with E-state index in [1.54, 1.807) is 0 Å². The van der Waals surface area contributed by atoms with Gasteiger partial charge in [-0.15, -0.1) is 10.2 Å². The number of likely N-dealkylation sites (tertiary alicyclic amines) is 1. The van der Waals surface area contributed by atoms with Crippen LogP contribution in [0.5, 0.6) is 0 Å². The molecular weight excluding hydrogens is 342 g/mol. The molecule has 2 aromatic heterocycles. The first kappa shape index (κ1) is 17.7. The fraction of sp³-hybridized carbons (Fsp3) is 0.474. The maximum Gasteiger partial charge on any atom is 0.275 e. The van der Waals surface area contributed by atoms with Crippen LogP contribution in [0.3, 0.4) is 0 Å². The van der Waals surface area contributed by atoms with E-state index in [1.165, 1.54) is 0 Å². The summed E-state index contributed by atoms with van der Waals surface area (Å²) in [4.78, 5) is 17.1. The third-order valence-corrected chi connectivity index (χ3v) is 5.20. The van der Waals surface area contributed by atoms with E-state index in [2.05, 4.69) is 29.9 Å². The topological polar surface area (TPSA) is 82.9 Å². The monoisotopic (exact) mass is 367 g/mol. The number of hydrogen-bond donors (Lipinski definition) is 1. The number of hydrogen-bond acceptors (Lipinski definition) is 5. The van der Waals surface area contributed by atoms with E-state index in [1.807, 2.05) is 50.3 Å². The van der Waals surface area contributed by atoms with Crippen LogP contribution >= 0.6 is 0 Å². The zero-order valence-corrected chi connectivity index (χ0v) is 16.0. The predicted molar refractivity (Wildman–Crippen MR) is 102 cm³/mol. The lowest BCUT2D eigenvalue weighted by Gasteiger charge is -2.31. The highest BCUT2D eigenvalue weighted by Crippen LogP contribution is 2.27. The van der Waals surface area contributed by atoms with Gasteiger partial charge < -0.3 is 14.4 Å². The van der Waals surface area contributed by atoms with Crippen molar-refractivity contribution in [1.82, 2.24) is 34.8 Å². The smallest absolute Gasteiger partial charge is 0.275 e. The van der Waals surface area contributed by atoms with Gasteiger partial charge in [-0.3, -0.25) is 9.89 Å². The van der Waals surface area contributed by atoms with E-state index >= 15 is 0 Å². The van der Waals surface area contributed by atoms with Crippen molar-refractivity contribution in [1.29, 1.82) is 0 Å². The van der Waals surface area contributed by atoms with Gasteiger partial charge in [0, 0.05) is 31.4 Å². The molecule has 0 spiro atoms. The number of nitrogens with zero attached hydrogens (tertiary/aromatic N) is 6. The molecule has 3 aromatic rings. The Bertz CT molecular complexity index is 958. The molecule has 1 saturated heterocycles. The van der Waals surface area contributed by atoms with Crippen molar-refractivity contribution in [3.63, 3.8) is 0 Å². The van der Waals surface area contributed by atoms with Crippen molar-refractivity contribution in [2.75, 3.05) is 27.2 Å². The molecule has 1 unspecified atom stereocenters. The van der Waals surface area contributed by atoms with Crippen LogP contribution in [0.1, 0.15) is 40.9 Å². The van der Waals surface area contributed by atoms with Crippen LogP contribution in [0.2, 0.25) is 0 Å². The molecule has 4 rings (SSSR count). The number of aromatic nitrogens is 5. The summed E-state index contributed by atoms with van der Waals surface area (Å²) >= 11 is 0. The minimum absolute atomic E-state index is 0.0205. The summed E-state index contributed by atoms with van der Waals surface area (Å²) in [6, 6.07) is 7.73. The number of piperidine rings is 1. The fourth-order valence-electron chi connectivity index (χ4n) is 3.80. The molecule has 1 fully saturated rings. The van der Waals surface area contributed by atoms with Gasteiger partial charge in [0.1, 0.15) is 11.6 Å². The highest BCUT2D eigenvalue weighted by atomic mass is 16.2. The molecule has 0 bridgehead atoms. The second-order valence-corrected chi connectivity index (χ2v) is 7.48. The Balaban J connectivity index is 1.55. The minimum Gasteiger partial charge on any atom is -0.337 e. The van der Waals surface area contributed by atoms with Crippen LogP contribution in [0.25, 0.3) is 10.9 Å². The van der Waals surface area contributed by atoms with Crippen LogP contribution < -0.4 is 0 Å². The van der Waals surface area contributed by atoms with Crippen molar-refractivity contribution >= 4 is 16.8 Å². The lowest BCUT2D eigenvalue weighted by molar-refractivity contribution is 0.0699. The van der Waals surface area contributed by atoms with Gasteiger partial charge in [0.2, 0.25) is 0 Å². The normalized spacial score (nSPS) is 17.8. The SMILES string of the molecule is CN(C)Cc1nnc(C2CCCN(C(=O)c3n[nH]c4ccccc34)C2)n1C. The molecule has 1 aromatic carbocycles. The number of benzene rings is 1. The standard InChI is InChI=1S/C19H25N7O/c1-24(2)12-16-21-23-18(25(16)3)13-7-6-10-26(11-13)19(27)17-14-8-4-5-9-15(14)20-22-17/h4-5,8-9,13H,6-7,10-12H2,1-3H3,(H,20,22). The largest absolute Gasteiger partial charge is 0.337 e. The van der Waals surface area contributed by atoms with Gasteiger partial charge in [-0.2, -0.15) is 5.10 Å². The second-order valence-electron chi connectivity index (χ2n) is 7.48. The van der Waals surface area contributed by atoms with Crippen LogP contribution in [-0.4, -0.2) is 67.9 Å². The summed E-state index contributed by atoms with van der Waals surface area (Å²) in [6.07, 6.45) is 1.97. The van der Waals surface area contributed by atoms with Crippen molar-refractivity contribution < 1.29 is 4.79 Å². The first-order valence-corrected chi connectivity index (χ1v) is 9.30. The van der Waals surface area contributed by atoms with Gasteiger partial charge in [-0.05, 0) is 33.0 Å². The van der Waals surface area contributed by atoms with Gasteiger partial charge >= 0.3 is 0 Å². The Labute approximate surface area is 158 Å². The molecule has 0 saturated carbocycles. The first-order chi connectivity index (χ1) is 13.0. The third kappa shape index (κ3) is 3.32. The summed E-state index contributed by atoms with van der Waals surface area (Å²) in [5.74, 6) is 2.07. The minimum atomic E-state index is -0.0205. The number of rotatable bonds is 4. The van der Waals surface area contributed by atoms with E-state index in [-0.39, 0.29) is 11.8 Å². The van der Waals surface area contributed by atoms with Crippen LogP contribution in [0, 0.1) is 0 Å². The molecule has 1 aliphatic heterocycles. The lowest BCUT2D eigenvalue weighted by atomic mass is 9.96. The summed E-state index contributed by atoms with van der Waals surface area (Å²) in [5.41, 5.74) is 1.38. The lowest BCUT2D eigenvalue weighted by Crippen LogP contribution is -2.40. The third-order valence-electron chi connectivity index (χ3n) is 5.20. The van der Waals surface area contributed by atoms with Gasteiger partial charge in [0.15, 0.2) is 5.69 Å². The Morgan fingerprint density at radius 3 is 2.93 bits per heavy atom. The molecule has 1 N–H and O–H groups in total. The van der Waals surface area contributed by atoms with Gasteiger partial charge in [0.05, 0.1) is 12.1 Å². The molecule has 1 aliphatic rings. The zero-order chi connectivity index (χ0) is 19.0. The van der Waals surface area contributed by atoms with Crippen molar-refractivity contribution in [3.05, 3.63) is 41.6 Å². The number of para-hydroxylation sites is 1. The number of carbonyl (C=O) groups is 1. The maximum atomic E-state index is 13.1. The van der Waals surface area contributed by atoms with Crippen molar-refractivity contribution in [3.8, 4) is 0 Å². The van der Waals surface area contributed by atoms with Gasteiger partial charge in [0.25, 0.3) is 5.91 Å². The average molecular weight is 367 g/mol. The summed E-state index contributed by atoms with van der Waals surface area (Å²) in [5, 5.41) is 16.9. The van der Waals surface area contributed by atoms with Gasteiger partial charge in [-0.1, -0.05) is 18.2 Å². The number of fused-ring (bicyclic) bond motifs is 1. The van der Waals surface area contributed by atoms with Crippen LogP contribution in [0.4, 0.5) is 0 Å². The summed E-state index contributed by atoms with van der Waals surface area (Å²) in [6.45, 7) is 2.14. The zero-order valence-electron chi connectivity index (χ0n) is 16.0. The molecule has 8 heteroatoms. The quantitative estimate of drug-likeness (QED) is 0.760.